The second-order valence-corrected chi connectivity index (χ2v) is 12.1. The topological polar surface area (TPSA) is 96.0 Å². The van der Waals surface area contributed by atoms with E-state index in [1.165, 1.54) is 29.2 Å². The van der Waals surface area contributed by atoms with Crippen molar-refractivity contribution in [3.8, 4) is 5.75 Å². The Labute approximate surface area is 241 Å². The molecule has 8 nitrogen and oxygen atoms in total. The number of nitrogens with zero attached hydrogens (tertiary/aromatic N) is 2. The second-order valence-electron chi connectivity index (χ2n) is 9.77. The molecular formula is C30H36ClN3O5S. The molecule has 3 aromatic carbocycles. The third-order valence-electron chi connectivity index (χ3n) is 6.27. The molecule has 0 spiro atoms. The fourth-order valence-electron chi connectivity index (χ4n) is 4.31. The molecule has 0 fully saturated rings. The number of methoxy groups -OCH3 is 1. The summed E-state index contributed by atoms with van der Waals surface area (Å²) >= 11 is 6.00. The van der Waals surface area contributed by atoms with Crippen molar-refractivity contribution < 1.29 is 22.7 Å². The quantitative estimate of drug-likeness (QED) is 0.316. The van der Waals surface area contributed by atoms with Gasteiger partial charge in [-0.1, -0.05) is 42.8 Å². The molecule has 0 saturated carbocycles. The van der Waals surface area contributed by atoms with Crippen LogP contribution in [0.3, 0.4) is 0 Å². The Morgan fingerprint density at radius 2 is 1.68 bits per heavy atom. The van der Waals surface area contributed by atoms with Gasteiger partial charge in [0, 0.05) is 17.6 Å². The summed E-state index contributed by atoms with van der Waals surface area (Å²) in [5, 5.41) is 3.28. The molecule has 0 aliphatic carbocycles. The summed E-state index contributed by atoms with van der Waals surface area (Å²) in [7, 11) is -2.61. The van der Waals surface area contributed by atoms with Crippen LogP contribution in [0.2, 0.25) is 5.02 Å². The van der Waals surface area contributed by atoms with Gasteiger partial charge in [0.2, 0.25) is 11.8 Å². The molecule has 0 bridgehead atoms. The van der Waals surface area contributed by atoms with Gasteiger partial charge < -0.3 is 15.0 Å². The van der Waals surface area contributed by atoms with Gasteiger partial charge in [-0.25, -0.2) is 8.42 Å². The molecule has 0 heterocycles. The van der Waals surface area contributed by atoms with Crippen LogP contribution in [0.15, 0.2) is 77.7 Å². The fourth-order valence-corrected chi connectivity index (χ4v) is 5.85. The number of anilines is 1. The first kappa shape index (κ1) is 31.0. The summed E-state index contributed by atoms with van der Waals surface area (Å²) in [6.07, 6.45) is 0.336. The summed E-state index contributed by atoms with van der Waals surface area (Å²) in [6.45, 7) is 6.93. The summed E-state index contributed by atoms with van der Waals surface area (Å²) in [4.78, 5) is 28.7. The van der Waals surface area contributed by atoms with E-state index in [2.05, 4.69) is 5.32 Å². The van der Waals surface area contributed by atoms with Crippen molar-refractivity contribution >= 4 is 39.1 Å². The van der Waals surface area contributed by atoms with Gasteiger partial charge in [0.25, 0.3) is 10.0 Å². The van der Waals surface area contributed by atoms with Gasteiger partial charge in [-0.15, -0.1) is 0 Å². The molecule has 1 atom stereocenters. The van der Waals surface area contributed by atoms with Crippen molar-refractivity contribution in [2.24, 2.45) is 0 Å². The monoisotopic (exact) mass is 585 g/mol. The fraction of sp³-hybridized carbons (Fsp3) is 0.333. The van der Waals surface area contributed by atoms with Crippen LogP contribution in [-0.2, 0) is 26.2 Å². The van der Waals surface area contributed by atoms with Crippen LogP contribution >= 0.6 is 11.6 Å². The van der Waals surface area contributed by atoms with Gasteiger partial charge in [0.05, 0.1) is 17.7 Å². The number of rotatable bonds is 12. The predicted octanol–water partition coefficient (Wildman–Crippen LogP) is 5.18. The van der Waals surface area contributed by atoms with Crippen LogP contribution in [0.1, 0.15) is 38.3 Å². The van der Waals surface area contributed by atoms with E-state index in [-0.39, 0.29) is 23.4 Å². The highest BCUT2D eigenvalue weighted by Crippen LogP contribution is 2.27. The summed E-state index contributed by atoms with van der Waals surface area (Å²) in [6, 6.07) is 19.0. The Morgan fingerprint density at radius 3 is 2.27 bits per heavy atom. The third-order valence-corrected chi connectivity index (χ3v) is 8.31. The lowest BCUT2D eigenvalue weighted by Crippen LogP contribution is -2.53. The van der Waals surface area contributed by atoms with E-state index in [1.54, 1.807) is 43.5 Å². The molecule has 0 aromatic heterocycles. The lowest BCUT2D eigenvalue weighted by Gasteiger charge is -2.33. The Balaban J connectivity index is 2.07. The van der Waals surface area contributed by atoms with Gasteiger partial charge in [0.1, 0.15) is 18.3 Å². The molecule has 214 valence electrons. The van der Waals surface area contributed by atoms with E-state index >= 15 is 0 Å². The number of sulfonamides is 1. The van der Waals surface area contributed by atoms with Crippen LogP contribution < -0.4 is 14.4 Å². The number of benzene rings is 3. The number of halogens is 1. The molecule has 10 heteroatoms. The van der Waals surface area contributed by atoms with Gasteiger partial charge >= 0.3 is 0 Å². The van der Waals surface area contributed by atoms with Gasteiger partial charge in [-0.2, -0.15) is 0 Å². The minimum atomic E-state index is -4.16. The highest BCUT2D eigenvalue weighted by atomic mass is 35.5. The second kappa shape index (κ2) is 13.7. The van der Waals surface area contributed by atoms with Crippen LogP contribution in [0.5, 0.6) is 5.75 Å². The number of carbonyl (C=O) groups is 2. The standard InChI is InChI=1S/C30H36ClN3O5S/c1-6-28(30(36)32-21(2)3)33(19-23-10-8-12-26(18-23)39-5)29(35)20-34(25-11-7-9-22(4)17-25)40(37,38)27-15-13-24(31)14-16-27/h7-18,21,28H,6,19-20H2,1-5H3,(H,32,36)/t28-/m0/s1. The van der Waals surface area contributed by atoms with Crippen molar-refractivity contribution in [2.75, 3.05) is 18.0 Å². The molecule has 3 rings (SSSR count). The molecule has 0 saturated heterocycles. The van der Waals surface area contributed by atoms with E-state index in [4.69, 9.17) is 16.3 Å². The number of hydrogen-bond donors (Lipinski definition) is 1. The number of nitrogens with one attached hydrogen (secondary N) is 1. The third kappa shape index (κ3) is 7.76. The van der Waals surface area contributed by atoms with Crippen molar-refractivity contribution in [3.05, 3.63) is 88.9 Å². The van der Waals surface area contributed by atoms with E-state index in [0.717, 1.165) is 15.4 Å². The highest BCUT2D eigenvalue weighted by molar-refractivity contribution is 7.92. The SMILES string of the molecule is CC[C@@H](C(=O)NC(C)C)N(Cc1cccc(OC)c1)C(=O)CN(c1cccc(C)c1)S(=O)(=O)c1ccc(Cl)cc1. The first-order valence-corrected chi connectivity index (χ1v) is 14.9. The normalized spacial score (nSPS) is 12.1. The molecule has 0 aliphatic heterocycles. The zero-order valence-corrected chi connectivity index (χ0v) is 25.0. The summed E-state index contributed by atoms with van der Waals surface area (Å²) < 4.78 is 34.2. The Morgan fingerprint density at radius 1 is 1.00 bits per heavy atom. The first-order valence-electron chi connectivity index (χ1n) is 13.0. The van der Waals surface area contributed by atoms with E-state index in [9.17, 15) is 18.0 Å². The lowest BCUT2D eigenvalue weighted by molar-refractivity contribution is -0.140. The number of amides is 2. The zero-order chi connectivity index (χ0) is 29.4. The number of carbonyl (C=O) groups excluding carboxylic acids is 2. The maximum Gasteiger partial charge on any atom is 0.264 e. The van der Waals surface area contributed by atoms with Gasteiger partial charge in [-0.3, -0.25) is 13.9 Å². The average Bonchev–Trinajstić information content (AvgIpc) is 2.91. The van der Waals surface area contributed by atoms with Crippen molar-refractivity contribution in [1.82, 2.24) is 10.2 Å². The molecule has 0 radical (unpaired) electrons. The number of hydrogen-bond acceptors (Lipinski definition) is 5. The minimum Gasteiger partial charge on any atom is -0.497 e. The summed E-state index contributed by atoms with van der Waals surface area (Å²) in [5.74, 6) is -0.222. The lowest BCUT2D eigenvalue weighted by atomic mass is 10.1. The van der Waals surface area contributed by atoms with Crippen LogP contribution in [0, 0.1) is 6.92 Å². The maximum absolute atomic E-state index is 14.1. The molecule has 2 amide bonds. The van der Waals surface area contributed by atoms with Crippen LogP contribution in [0.25, 0.3) is 0 Å². The molecule has 0 unspecified atom stereocenters. The van der Waals surface area contributed by atoms with Crippen LogP contribution in [-0.4, -0.2) is 50.9 Å². The average molecular weight is 586 g/mol. The van der Waals surface area contributed by atoms with E-state index in [0.29, 0.717) is 22.9 Å². The molecule has 3 aromatic rings. The van der Waals surface area contributed by atoms with Crippen molar-refractivity contribution in [2.45, 2.75) is 57.6 Å². The zero-order valence-electron chi connectivity index (χ0n) is 23.4. The minimum absolute atomic E-state index is 0.00450. The van der Waals surface area contributed by atoms with E-state index < -0.39 is 28.5 Å². The predicted molar refractivity (Wildman–Crippen MR) is 158 cm³/mol. The van der Waals surface area contributed by atoms with Gasteiger partial charge in [0.15, 0.2) is 0 Å². The smallest absolute Gasteiger partial charge is 0.264 e. The van der Waals surface area contributed by atoms with Crippen LogP contribution in [0.4, 0.5) is 5.69 Å². The summed E-state index contributed by atoms with van der Waals surface area (Å²) in [5.41, 5.74) is 1.91. The van der Waals surface area contributed by atoms with E-state index in [1.807, 2.05) is 39.8 Å². The molecular weight excluding hydrogens is 550 g/mol. The Hall–Kier alpha value is -3.56. The number of aryl methyl sites for hydroxylation is 1. The van der Waals surface area contributed by atoms with Crippen molar-refractivity contribution in [1.29, 1.82) is 0 Å². The number of ether oxygens (including phenoxy) is 1. The Kier molecular flexibility index (Phi) is 10.6. The molecule has 40 heavy (non-hydrogen) atoms. The largest absolute Gasteiger partial charge is 0.497 e. The van der Waals surface area contributed by atoms with Gasteiger partial charge in [-0.05, 0) is 86.8 Å². The molecule has 0 aliphatic rings. The Bertz CT molecular complexity index is 1430. The first-order chi connectivity index (χ1) is 19.0. The van der Waals surface area contributed by atoms with Crippen molar-refractivity contribution in [3.63, 3.8) is 0 Å². The highest BCUT2D eigenvalue weighted by Gasteiger charge is 2.34. The maximum atomic E-state index is 14.1. The molecule has 1 N–H and O–H groups in total.